The highest BCUT2D eigenvalue weighted by Gasteiger charge is 2.46. The number of alkyl halides is 3. The highest BCUT2D eigenvalue weighted by Crippen LogP contribution is 2.37. The minimum Gasteiger partial charge on any atom is -0.373 e. The van der Waals surface area contributed by atoms with Crippen LogP contribution in [0.3, 0.4) is 0 Å². The highest BCUT2D eigenvalue weighted by molar-refractivity contribution is 7.89. The molecule has 0 aliphatic carbocycles. The average molecular weight is 547 g/mol. The molecule has 4 heterocycles. The van der Waals surface area contributed by atoms with E-state index in [1.807, 2.05) is 0 Å². The maximum atomic E-state index is 13.1. The summed E-state index contributed by atoms with van der Waals surface area (Å²) in [6, 6.07) is 2.70. The van der Waals surface area contributed by atoms with Crippen LogP contribution in [0.4, 0.5) is 18.0 Å². The number of urea groups is 1. The van der Waals surface area contributed by atoms with Gasteiger partial charge in [0.05, 0.1) is 34.8 Å². The Balaban J connectivity index is 1.15. The molecule has 3 atom stereocenters. The first-order valence-corrected chi connectivity index (χ1v) is 13.7. The van der Waals surface area contributed by atoms with Crippen molar-refractivity contribution < 1.29 is 40.7 Å². The minimum absolute atomic E-state index is 0.0421. The second-order valence-corrected chi connectivity index (χ2v) is 11.8. The summed E-state index contributed by atoms with van der Waals surface area (Å²) < 4.78 is 78.5. The van der Waals surface area contributed by atoms with Gasteiger partial charge in [-0.15, -0.1) is 0 Å². The molecule has 4 aliphatic rings. The van der Waals surface area contributed by atoms with Gasteiger partial charge < -0.3 is 24.6 Å². The van der Waals surface area contributed by atoms with E-state index in [1.54, 1.807) is 9.80 Å². The van der Waals surface area contributed by atoms with Crippen molar-refractivity contribution >= 4 is 22.0 Å². The Kier molecular flexibility index (Phi) is 6.88. The van der Waals surface area contributed by atoms with Gasteiger partial charge in [0.1, 0.15) is 6.61 Å². The molecule has 204 valence electrons. The van der Waals surface area contributed by atoms with Gasteiger partial charge in [0, 0.05) is 32.2 Å². The largest absolute Gasteiger partial charge is 0.416 e. The molecule has 1 aromatic carbocycles. The van der Waals surface area contributed by atoms with Gasteiger partial charge in [0.25, 0.3) is 0 Å². The van der Waals surface area contributed by atoms with Crippen molar-refractivity contribution in [1.29, 1.82) is 0 Å². The molecule has 4 saturated heterocycles. The molecule has 4 aliphatic heterocycles. The van der Waals surface area contributed by atoms with E-state index in [2.05, 4.69) is 10.0 Å². The first-order valence-electron chi connectivity index (χ1n) is 12.2. The van der Waals surface area contributed by atoms with Crippen molar-refractivity contribution in [3.05, 3.63) is 29.8 Å². The number of ether oxygens (including phenoxy) is 2. The van der Waals surface area contributed by atoms with Crippen LogP contribution in [-0.4, -0.2) is 93.3 Å². The number of carbonyl (C=O) groups excluding carboxylic acids is 2. The monoisotopic (exact) mass is 546 g/mol. The van der Waals surface area contributed by atoms with Gasteiger partial charge in [-0.25, -0.2) is 17.9 Å². The molecule has 14 heteroatoms. The molecule has 3 amide bonds. The number of amides is 3. The van der Waals surface area contributed by atoms with Crippen LogP contribution in [0.2, 0.25) is 0 Å². The molecule has 1 spiro atoms. The number of halogens is 3. The second kappa shape index (κ2) is 9.71. The quantitative estimate of drug-likeness (QED) is 0.591. The van der Waals surface area contributed by atoms with E-state index in [9.17, 15) is 31.2 Å². The Morgan fingerprint density at radius 1 is 1.16 bits per heavy atom. The number of benzene rings is 1. The number of carbonyl (C=O) groups is 2. The normalized spacial score (nSPS) is 28.2. The number of rotatable bonds is 3. The average Bonchev–Trinajstić information content (AvgIpc) is 3.24. The van der Waals surface area contributed by atoms with E-state index in [1.165, 1.54) is 0 Å². The number of sulfonamides is 1. The van der Waals surface area contributed by atoms with E-state index >= 15 is 0 Å². The number of piperidine rings is 2. The lowest BCUT2D eigenvalue weighted by molar-refractivity contribution is -0.140. The second-order valence-electron chi connectivity index (χ2n) is 10.1. The van der Waals surface area contributed by atoms with Crippen LogP contribution in [-0.2, 0) is 30.5 Å². The third-order valence-corrected chi connectivity index (χ3v) is 9.06. The molecule has 37 heavy (non-hydrogen) atoms. The molecule has 5 rings (SSSR count). The topological polar surface area (TPSA) is 117 Å². The Hall–Kier alpha value is -2.42. The summed E-state index contributed by atoms with van der Waals surface area (Å²) in [6.07, 6.45) is -2.70. The molecular formula is C23H29F3N4O6S. The third-order valence-electron chi connectivity index (χ3n) is 7.54. The lowest BCUT2D eigenvalue weighted by Crippen LogP contribution is -2.63. The number of fused-ring (bicyclic) bond motifs is 1. The van der Waals surface area contributed by atoms with Crippen molar-refractivity contribution in [3.63, 3.8) is 0 Å². The summed E-state index contributed by atoms with van der Waals surface area (Å²) in [5.74, 6) is -0.188. The summed E-state index contributed by atoms with van der Waals surface area (Å²) in [5.41, 5.74) is -1.63. The zero-order valence-electron chi connectivity index (χ0n) is 20.0. The Bertz CT molecular complexity index is 1160. The number of hydrogen-bond donors (Lipinski definition) is 2. The third kappa shape index (κ3) is 5.56. The molecule has 0 saturated carbocycles. The van der Waals surface area contributed by atoms with Crippen LogP contribution in [0.1, 0.15) is 31.2 Å². The first kappa shape index (κ1) is 26.2. The number of morpholine rings is 1. The van der Waals surface area contributed by atoms with Crippen molar-refractivity contribution in [2.75, 3.05) is 39.4 Å². The van der Waals surface area contributed by atoms with Crippen LogP contribution in [0.5, 0.6) is 0 Å². The van der Waals surface area contributed by atoms with Gasteiger partial charge in [-0.05, 0) is 43.9 Å². The number of hydrogen-bond acceptors (Lipinski definition) is 6. The molecule has 10 nitrogen and oxygen atoms in total. The number of likely N-dealkylation sites (tertiary alicyclic amines) is 2. The van der Waals surface area contributed by atoms with E-state index in [0.29, 0.717) is 57.9 Å². The smallest absolute Gasteiger partial charge is 0.373 e. The maximum Gasteiger partial charge on any atom is 0.416 e. The summed E-state index contributed by atoms with van der Waals surface area (Å²) in [7, 11) is -4.18. The van der Waals surface area contributed by atoms with Crippen molar-refractivity contribution in [2.45, 2.75) is 60.5 Å². The molecule has 1 aromatic rings. The Morgan fingerprint density at radius 2 is 1.92 bits per heavy atom. The van der Waals surface area contributed by atoms with E-state index in [-0.39, 0.29) is 37.3 Å². The SMILES string of the molecule is O=C1CO[C@H]2CCN(C(=O)N3CCC4(CC3)C[C@H](NS(=O)(=O)c3cccc(C(F)(F)F)c3)CO4)C[C@H]2N1. The fourth-order valence-corrected chi connectivity index (χ4v) is 6.84. The van der Waals surface area contributed by atoms with Gasteiger partial charge in [-0.1, -0.05) is 6.07 Å². The van der Waals surface area contributed by atoms with Crippen LogP contribution in [0.25, 0.3) is 0 Å². The standard InChI is InChI=1S/C23H29F3N4O6S/c24-23(25,26)15-2-1-3-17(10-15)37(33,34)28-16-11-22(36-13-16)5-8-29(9-6-22)21(32)30-7-4-19-18(12-30)27-20(31)14-35-19/h1-3,10,16,18-19,28H,4-9,11-14H2,(H,27,31)/t16-,18+,19-/m0/s1. The summed E-state index contributed by atoms with van der Waals surface area (Å²) in [4.78, 5) is 27.7. The first-order chi connectivity index (χ1) is 17.4. The van der Waals surface area contributed by atoms with Crippen LogP contribution < -0.4 is 10.0 Å². The lowest BCUT2D eigenvalue weighted by Gasteiger charge is -2.44. The number of nitrogens with one attached hydrogen (secondary N) is 2. The zero-order valence-corrected chi connectivity index (χ0v) is 20.8. The Labute approximate surface area is 212 Å². The summed E-state index contributed by atoms with van der Waals surface area (Å²) in [6.45, 7) is 1.92. The summed E-state index contributed by atoms with van der Waals surface area (Å²) in [5, 5.41) is 2.88. The van der Waals surface area contributed by atoms with E-state index in [4.69, 9.17) is 9.47 Å². The van der Waals surface area contributed by atoms with Gasteiger partial charge in [-0.2, -0.15) is 13.2 Å². The van der Waals surface area contributed by atoms with E-state index < -0.39 is 38.3 Å². The van der Waals surface area contributed by atoms with Gasteiger partial charge in [0.15, 0.2) is 0 Å². The molecule has 0 radical (unpaired) electrons. The molecule has 0 unspecified atom stereocenters. The molecule has 0 bridgehead atoms. The van der Waals surface area contributed by atoms with Crippen molar-refractivity contribution in [3.8, 4) is 0 Å². The molecule has 2 N–H and O–H groups in total. The predicted octanol–water partition coefficient (Wildman–Crippen LogP) is 1.32. The fraction of sp³-hybridized carbons (Fsp3) is 0.652. The van der Waals surface area contributed by atoms with Gasteiger partial charge in [-0.3, -0.25) is 4.79 Å². The lowest BCUT2D eigenvalue weighted by atomic mass is 9.87. The maximum absolute atomic E-state index is 13.1. The van der Waals surface area contributed by atoms with Crippen molar-refractivity contribution in [2.24, 2.45) is 0 Å². The van der Waals surface area contributed by atoms with Crippen LogP contribution in [0, 0.1) is 0 Å². The zero-order chi connectivity index (χ0) is 26.4. The van der Waals surface area contributed by atoms with Crippen LogP contribution >= 0.6 is 0 Å². The van der Waals surface area contributed by atoms with Crippen LogP contribution in [0.15, 0.2) is 29.2 Å². The fourth-order valence-electron chi connectivity index (χ4n) is 5.57. The minimum atomic E-state index is -4.65. The predicted molar refractivity (Wildman–Crippen MR) is 123 cm³/mol. The highest BCUT2D eigenvalue weighted by atomic mass is 32.2. The number of nitrogens with zero attached hydrogens (tertiary/aromatic N) is 2. The summed E-state index contributed by atoms with van der Waals surface area (Å²) >= 11 is 0. The molecule has 0 aromatic heterocycles. The van der Waals surface area contributed by atoms with Gasteiger partial charge in [0.2, 0.25) is 15.9 Å². The molecular weight excluding hydrogens is 517 g/mol. The Morgan fingerprint density at radius 3 is 2.65 bits per heavy atom. The van der Waals surface area contributed by atoms with E-state index in [0.717, 1.165) is 18.2 Å². The van der Waals surface area contributed by atoms with Gasteiger partial charge >= 0.3 is 12.2 Å². The molecule has 4 fully saturated rings. The van der Waals surface area contributed by atoms with Crippen molar-refractivity contribution in [1.82, 2.24) is 19.8 Å².